The lowest BCUT2D eigenvalue weighted by Crippen LogP contribution is -2.34. The molecule has 0 radical (unpaired) electrons. The number of imidazole rings is 1. The molecule has 1 fully saturated rings. The van der Waals surface area contributed by atoms with Gasteiger partial charge in [0.1, 0.15) is 5.52 Å². The molecule has 0 aliphatic heterocycles. The van der Waals surface area contributed by atoms with Crippen LogP contribution in [0.1, 0.15) is 25.8 Å². The SMILES string of the molecule is CCn1c(=O)n([C@H]2C[C@H](C#N)C2)c2nc(S(C)(=O)=O)ncc21. The van der Waals surface area contributed by atoms with Crippen LogP contribution in [0.25, 0.3) is 11.2 Å². The van der Waals surface area contributed by atoms with Gasteiger partial charge in [-0.2, -0.15) is 10.2 Å². The third kappa shape index (κ3) is 2.11. The summed E-state index contributed by atoms with van der Waals surface area (Å²) in [4.78, 5) is 20.5. The van der Waals surface area contributed by atoms with Crippen LogP contribution in [0.3, 0.4) is 0 Å². The summed E-state index contributed by atoms with van der Waals surface area (Å²) >= 11 is 0. The lowest BCUT2D eigenvalue weighted by molar-refractivity contribution is 0.246. The number of rotatable bonds is 3. The minimum absolute atomic E-state index is 0.0619. The zero-order valence-electron chi connectivity index (χ0n) is 12.2. The van der Waals surface area contributed by atoms with Crippen molar-refractivity contribution in [2.45, 2.75) is 37.5 Å². The van der Waals surface area contributed by atoms with Crippen molar-refractivity contribution in [1.82, 2.24) is 19.1 Å². The maximum absolute atomic E-state index is 12.5. The molecule has 2 heterocycles. The minimum atomic E-state index is -3.55. The average Bonchev–Trinajstić information content (AvgIpc) is 2.68. The summed E-state index contributed by atoms with van der Waals surface area (Å²) in [5.41, 5.74) is 0.600. The first-order chi connectivity index (χ1) is 10.4. The van der Waals surface area contributed by atoms with Gasteiger partial charge < -0.3 is 0 Å². The Morgan fingerprint density at radius 1 is 1.45 bits per heavy atom. The second-order valence-corrected chi connectivity index (χ2v) is 7.39. The Balaban J connectivity index is 2.24. The molecule has 0 aromatic carbocycles. The van der Waals surface area contributed by atoms with Crippen LogP contribution in [-0.2, 0) is 16.4 Å². The summed E-state index contributed by atoms with van der Waals surface area (Å²) in [6, 6.07) is 2.06. The lowest BCUT2D eigenvalue weighted by Gasteiger charge is -2.31. The molecule has 9 heteroatoms. The van der Waals surface area contributed by atoms with Gasteiger partial charge in [0.2, 0.25) is 15.0 Å². The highest BCUT2D eigenvalue weighted by molar-refractivity contribution is 7.90. The molecule has 116 valence electrons. The fraction of sp³-hybridized carbons (Fsp3) is 0.538. The Bertz CT molecular complexity index is 944. The first-order valence-corrected chi connectivity index (χ1v) is 8.83. The molecule has 0 unspecified atom stereocenters. The fourth-order valence-electron chi connectivity index (χ4n) is 2.76. The van der Waals surface area contributed by atoms with Gasteiger partial charge in [-0.3, -0.25) is 9.13 Å². The van der Waals surface area contributed by atoms with Gasteiger partial charge in [-0.25, -0.2) is 18.2 Å². The van der Waals surface area contributed by atoms with E-state index in [1.165, 1.54) is 15.3 Å². The largest absolute Gasteiger partial charge is 0.330 e. The highest BCUT2D eigenvalue weighted by atomic mass is 32.2. The van der Waals surface area contributed by atoms with Crippen molar-refractivity contribution in [2.24, 2.45) is 5.92 Å². The van der Waals surface area contributed by atoms with E-state index in [9.17, 15) is 13.2 Å². The Hall–Kier alpha value is -2.21. The Morgan fingerprint density at radius 3 is 2.68 bits per heavy atom. The van der Waals surface area contributed by atoms with Crippen LogP contribution in [0, 0.1) is 17.2 Å². The molecule has 8 nitrogen and oxygen atoms in total. The molecule has 1 saturated carbocycles. The van der Waals surface area contributed by atoms with Crippen LogP contribution in [-0.4, -0.2) is 33.8 Å². The van der Waals surface area contributed by atoms with Gasteiger partial charge >= 0.3 is 5.69 Å². The fourth-order valence-corrected chi connectivity index (χ4v) is 3.26. The number of nitriles is 1. The molecule has 3 rings (SSSR count). The van der Waals surface area contributed by atoms with Crippen LogP contribution < -0.4 is 5.69 Å². The highest BCUT2D eigenvalue weighted by Crippen LogP contribution is 2.37. The molecule has 1 aliphatic rings. The van der Waals surface area contributed by atoms with E-state index in [0.717, 1.165) is 6.26 Å². The summed E-state index contributed by atoms with van der Waals surface area (Å²) in [6.07, 6.45) is 3.57. The number of nitrogens with zero attached hydrogens (tertiary/aromatic N) is 5. The smallest absolute Gasteiger partial charge is 0.289 e. The molecule has 0 bridgehead atoms. The Morgan fingerprint density at radius 2 is 2.14 bits per heavy atom. The molecule has 2 aromatic heterocycles. The van der Waals surface area contributed by atoms with Crippen LogP contribution in [0.4, 0.5) is 0 Å². The lowest BCUT2D eigenvalue weighted by atomic mass is 9.81. The zero-order valence-corrected chi connectivity index (χ0v) is 13.0. The van der Waals surface area contributed by atoms with Gasteiger partial charge in [0.05, 0.1) is 18.2 Å². The van der Waals surface area contributed by atoms with Crippen molar-refractivity contribution in [3.8, 4) is 6.07 Å². The van der Waals surface area contributed by atoms with Crippen LogP contribution >= 0.6 is 0 Å². The van der Waals surface area contributed by atoms with Crippen molar-refractivity contribution >= 4 is 21.0 Å². The number of aromatic nitrogens is 4. The Labute approximate surface area is 126 Å². The molecule has 0 N–H and O–H groups in total. The standard InChI is InChI=1S/C13H15N5O3S/c1-3-17-10-7-15-12(22(2,20)21)16-11(10)18(13(17)19)9-4-8(5-9)6-14/h7-9H,3-5H2,1-2H3/t8-,9-. The maximum atomic E-state index is 12.5. The van der Waals surface area contributed by atoms with Crippen molar-refractivity contribution in [1.29, 1.82) is 5.26 Å². The molecule has 0 spiro atoms. The topological polar surface area (TPSA) is 111 Å². The van der Waals surface area contributed by atoms with Crippen molar-refractivity contribution < 1.29 is 8.42 Å². The van der Waals surface area contributed by atoms with Crippen molar-refractivity contribution in [3.05, 3.63) is 16.7 Å². The molecule has 1 aliphatic carbocycles. The summed E-state index contributed by atoms with van der Waals surface area (Å²) < 4.78 is 26.3. The number of fused-ring (bicyclic) bond motifs is 1. The van der Waals surface area contributed by atoms with Crippen LogP contribution in [0.5, 0.6) is 0 Å². The van der Waals surface area contributed by atoms with E-state index in [-0.39, 0.29) is 22.8 Å². The van der Waals surface area contributed by atoms with E-state index in [1.54, 1.807) is 0 Å². The van der Waals surface area contributed by atoms with Gasteiger partial charge in [-0.15, -0.1) is 0 Å². The van der Waals surface area contributed by atoms with E-state index in [1.807, 2.05) is 6.92 Å². The first-order valence-electron chi connectivity index (χ1n) is 6.94. The number of hydrogen-bond donors (Lipinski definition) is 0. The monoisotopic (exact) mass is 321 g/mol. The quantitative estimate of drug-likeness (QED) is 0.761. The van der Waals surface area contributed by atoms with Crippen LogP contribution in [0.2, 0.25) is 0 Å². The third-order valence-electron chi connectivity index (χ3n) is 3.99. The Kier molecular flexibility index (Phi) is 3.29. The number of sulfone groups is 1. The van der Waals surface area contributed by atoms with Gasteiger partial charge in [0.25, 0.3) is 0 Å². The summed E-state index contributed by atoms with van der Waals surface area (Å²) in [5.74, 6) is -0.0619. The van der Waals surface area contributed by atoms with E-state index >= 15 is 0 Å². The second-order valence-electron chi connectivity index (χ2n) is 5.48. The average molecular weight is 321 g/mol. The molecule has 0 saturated heterocycles. The van der Waals surface area contributed by atoms with E-state index < -0.39 is 9.84 Å². The molecular formula is C13H15N5O3S. The third-order valence-corrected chi connectivity index (χ3v) is 4.85. The normalized spacial score (nSPS) is 21.5. The van der Waals surface area contributed by atoms with Crippen molar-refractivity contribution in [2.75, 3.05) is 6.26 Å². The predicted octanol–water partition coefficient (Wildman–Crippen LogP) is 0.491. The molecule has 22 heavy (non-hydrogen) atoms. The number of aryl methyl sites for hydroxylation is 1. The molecule has 0 amide bonds. The first kappa shape index (κ1) is 14.7. The van der Waals surface area contributed by atoms with E-state index in [2.05, 4.69) is 16.0 Å². The van der Waals surface area contributed by atoms with Gasteiger partial charge in [0, 0.05) is 18.8 Å². The van der Waals surface area contributed by atoms with E-state index in [4.69, 9.17) is 5.26 Å². The van der Waals surface area contributed by atoms with Gasteiger partial charge in [-0.1, -0.05) is 0 Å². The van der Waals surface area contributed by atoms with Gasteiger partial charge in [0.15, 0.2) is 5.65 Å². The zero-order chi connectivity index (χ0) is 16.1. The second kappa shape index (κ2) is 4.91. The molecular weight excluding hydrogens is 306 g/mol. The molecule has 0 atom stereocenters. The summed E-state index contributed by atoms with van der Waals surface area (Å²) in [5, 5.41) is 8.59. The van der Waals surface area contributed by atoms with Crippen LogP contribution in [0.15, 0.2) is 16.1 Å². The van der Waals surface area contributed by atoms with Crippen molar-refractivity contribution in [3.63, 3.8) is 0 Å². The summed E-state index contributed by atoms with van der Waals surface area (Å²) in [7, 11) is -3.55. The maximum Gasteiger partial charge on any atom is 0.330 e. The predicted molar refractivity (Wildman–Crippen MR) is 77.9 cm³/mol. The number of hydrogen-bond acceptors (Lipinski definition) is 6. The van der Waals surface area contributed by atoms with Gasteiger partial charge in [-0.05, 0) is 19.8 Å². The summed E-state index contributed by atoms with van der Waals surface area (Å²) in [6.45, 7) is 2.27. The molecule has 2 aromatic rings. The minimum Gasteiger partial charge on any atom is -0.289 e. The highest BCUT2D eigenvalue weighted by Gasteiger charge is 2.34. The van der Waals surface area contributed by atoms with E-state index in [0.29, 0.717) is 30.6 Å².